The first-order valence-corrected chi connectivity index (χ1v) is 11.5. The van der Waals surface area contributed by atoms with Crippen LogP contribution in [-0.4, -0.2) is 47.9 Å². The molecule has 0 radical (unpaired) electrons. The van der Waals surface area contributed by atoms with Crippen molar-refractivity contribution in [3.8, 4) is 0 Å². The number of anilines is 2. The largest absolute Gasteiger partial charge is 0.355 e. The molecule has 1 aliphatic heterocycles. The molecule has 0 aliphatic carbocycles. The van der Waals surface area contributed by atoms with E-state index < -0.39 is 0 Å². The molecule has 1 aliphatic rings. The van der Waals surface area contributed by atoms with Crippen LogP contribution < -0.4 is 10.2 Å². The molecule has 1 fully saturated rings. The van der Waals surface area contributed by atoms with Crippen LogP contribution in [0.3, 0.4) is 0 Å². The molecule has 4 rings (SSSR count). The SMILES string of the molecule is Cc1ccc(C(=O)Nc2ccc(N3CCCN(C(=O)c4ccc(Cl)cc4Cl)CC3)nc2)cc1. The second-order valence-corrected chi connectivity index (χ2v) is 8.83. The van der Waals surface area contributed by atoms with Gasteiger partial charge in [0.2, 0.25) is 0 Å². The Morgan fingerprint density at radius 2 is 1.73 bits per heavy atom. The van der Waals surface area contributed by atoms with Crippen LogP contribution >= 0.6 is 23.2 Å². The van der Waals surface area contributed by atoms with Crippen LogP contribution in [0, 0.1) is 6.92 Å². The van der Waals surface area contributed by atoms with E-state index in [0.717, 1.165) is 24.3 Å². The fraction of sp³-hybridized carbons (Fsp3) is 0.240. The molecule has 2 amide bonds. The van der Waals surface area contributed by atoms with Crippen molar-refractivity contribution in [2.45, 2.75) is 13.3 Å². The van der Waals surface area contributed by atoms with E-state index in [4.69, 9.17) is 23.2 Å². The lowest BCUT2D eigenvalue weighted by molar-refractivity contribution is 0.0767. The number of halogens is 2. The molecular formula is C25H24Cl2N4O2. The Morgan fingerprint density at radius 3 is 2.42 bits per heavy atom. The summed E-state index contributed by atoms with van der Waals surface area (Å²) in [6.45, 7) is 4.61. The number of amides is 2. The lowest BCUT2D eigenvalue weighted by atomic mass is 10.1. The molecule has 0 bridgehead atoms. The zero-order valence-corrected chi connectivity index (χ0v) is 19.7. The Balaban J connectivity index is 1.37. The highest BCUT2D eigenvalue weighted by atomic mass is 35.5. The molecule has 0 atom stereocenters. The molecule has 3 aromatic rings. The summed E-state index contributed by atoms with van der Waals surface area (Å²) in [5, 5.41) is 3.74. The number of benzene rings is 2. The molecule has 1 saturated heterocycles. The smallest absolute Gasteiger partial charge is 0.255 e. The van der Waals surface area contributed by atoms with E-state index in [1.54, 1.807) is 36.5 Å². The van der Waals surface area contributed by atoms with E-state index in [-0.39, 0.29) is 11.8 Å². The molecule has 0 unspecified atom stereocenters. The number of hydrogen-bond donors (Lipinski definition) is 1. The Hall–Kier alpha value is -3.09. The van der Waals surface area contributed by atoms with Crippen molar-refractivity contribution in [2.24, 2.45) is 0 Å². The van der Waals surface area contributed by atoms with Crippen LogP contribution in [0.5, 0.6) is 0 Å². The summed E-state index contributed by atoms with van der Waals surface area (Å²) in [5.41, 5.74) is 2.80. The van der Waals surface area contributed by atoms with E-state index in [1.165, 1.54) is 0 Å². The number of hydrogen-bond acceptors (Lipinski definition) is 4. The van der Waals surface area contributed by atoms with Crippen LogP contribution in [0.2, 0.25) is 10.0 Å². The molecule has 8 heteroatoms. The topological polar surface area (TPSA) is 65.5 Å². The van der Waals surface area contributed by atoms with Crippen molar-refractivity contribution < 1.29 is 9.59 Å². The van der Waals surface area contributed by atoms with E-state index in [9.17, 15) is 9.59 Å². The summed E-state index contributed by atoms with van der Waals surface area (Å²) in [5.74, 6) is 0.539. The minimum absolute atomic E-state index is 0.0966. The van der Waals surface area contributed by atoms with Gasteiger partial charge in [0.25, 0.3) is 11.8 Å². The van der Waals surface area contributed by atoms with Gasteiger partial charge < -0.3 is 15.1 Å². The summed E-state index contributed by atoms with van der Waals surface area (Å²) in [4.78, 5) is 33.8. The summed E-state index contributed by atoms with van der Waals surface area (Å²) in [6.07, 6.45) is 2.47. The molecule has 0 spiro atoms. The first kappa shape index (κ1) is 23.1. The van der Waals surface area contributed by atoms with E-state index >= 15 is 0 Å². The van der Waals surface area contributed by atoms with Gasteiger partial charge in [0, 0.05) is 36.8 Å². The minimum atomic E-state index is -0.172. The third kappa shape index (κ3) is 5.64. The van der Waals surface area contributed by atoms with Gasteiger partial charge >= 0.3 is 0 Å². The Bertz CT molecular complexity index is 1150. The number of aromatic nitrogens is 1. The average Bonchev–Trinajstić information content (AvgIpc) is 3.06. The molecule has 6 nitrogen and oxygen atoms in total. The molecule has 33 heavy (non-hydrogen) atoms. The lowest BCUT2D eigenvalue weighted by Crippen LogP contribution is -2.35. The average molecular weight is 483 g/mol. The second kappa shape index (κ2) is 10.2. The summed E-state index contributed by atoms with van der Waals surface area (Å²) in [6, 6.07) is 16.1. The first-order valence-electron chi connectivity index (χ1n) is 10.7. The maximum atomic E-state index is 12.9. The van der Waals surface area contributed by atoms with Gasteiger partial charge in [-0.3, -0.25) is 9.59 Å². The number of aryl methyl sites for hydroxylation is 1. The van der Waals surface area contributed by atoms with Crippen molar-refractivity contribution in [1.82, 2.24) is 9.88 Å². The van der Waals surface area contributed by atoms with Gasteiger partial charge in [-0.25, -0.2) is 4.98 Å². The van der Waals surface area contributed by atoms with Crippen molar-refractivity contribution in [3.63, 3.8) is 0 Å². The third-order valence-corrected chi connectivity index (χ3v) is 6.14. The molecule has 170 valence electrons. The van der Waals surface area contributed by atoms with Crippen molar-refractivity contribution in [3.05, 3.63) is 87.5 Å². The number of pyridine rings is 1. The van der Waals surface area contributed by atoms with Crippen molar-refractivity contribution in [2.75, 3.05) is 36.4 Å². The van der Waals surface area contributed by atoms with Crippen LogP contribution in [0.15, 0.2) is 60.8 Å². The van der Waals surface area contributed by atoms with Gasteiger partial charge in [-0.2, -0.15) is 0 Å². The number of nitrogens with one attached hydrogen (secondary N) is 1. The van der Waals surface area contributed by atoms with E-state index in [0.29, 0.717) is 46.5 Å². The fourth-order valence-electron chi connectivity index (χ4n) is 3.74. The molecule has 0 saturated carbocycles. The molecule has 1 aromatic heterocycles. The van der Waals surface area contributed by atoms with Crippen LogP contribution in [0.4, 0.5) is 11.5 Å². The lowest BCUT2D eigenvalue weighted by Gasteiger charge is -2.23. The maximum absolute atomic E-state index is 12.9. The van der Waals surface area contributed by atoms with Gasteiger partial charge in [0.1, 0.15) is 5.82 Å². The van der Waals surface area contributed by atoms with Crippen molar-refractivity contribution >= 4 is 46.5 Å². The van der Waals surface area contributed by atoms with Gasteiger partial charge in [0.05, 0.1) is 22.5 Å². The molecular weight excluding hydrogens is 459 g/mol. The monoisotopic (exact) mass is 482 g/mol. The standard InChI is InChI=1S/C25H24Cl2N4O2/c1-17-3-5-18(6-4-17)24(32)29-20-8-10-23(28-16-20)30-11-2-12-31(14-13-30)25(33)21-9-7-19(26)15-22(21)27/h3-10,15-16H,2,11-14H2,1H3,(H,29,32). The summed E-state index contributed by atoms with van der Waals surface area (Å²) >= 11 is 12.2. The number of carbonyl (C=O) groups excluding carboxylic acids is 2. The highest BCUT2D eigenvalue weighted by Crippen LogP contribution is 2.23. The van der Waals surface area contributed by atoms with Gasteiger partial charge in [0.15, 0.2) is 0 Å². The highest BCUT2D eigenvalue weighted by Gasteiger charge is 2.22. The molecule has 2 heterocycles. The van der Waals surface area contributed by atoms with E-state index in [1.807, 2.05) is 36.1 Å². The number of carbonyl (C=O) groups is 2. The maximum Gasteiger partial charge on any atom is 0.255 e. The third-order valence-electron chi connectivity index (χ3n) is 5.59. The highest BCUT2D eigenvalue weighted by molar-refractivity contribution is 6.36. The summed E-state index contributed by atoms with van der Waals surface area (Å²) in [7, 11) is 0. The summed E-state index contributed by atoms with van der Waals surface area (Å²) < 4.78 is 0. The van der Waals surface area contributed by atoms with Gasteiger partial charge in [-0.05, 0) is 55.8 Å². The van der Waals surface area contributed by atoms with Gasteiger partial charge in [-0.1, -0.05) is 40.9 Å². The molecule has 2 aromatic carbocycles. The predicted octanol–water partition coefficient (Wildman–Crippen LogP) is 5.30. The quantitative estimate of drug-likeness (QED) is 0.547. The zero-order chi connectivity index (χ0) is 23.4. The normalized spacial score (nSPS) is 14.0. The fourth-order valence-corrected chi connectivity index (χ4v) is 4.23. The first-order chi connectivity index (χ1) is 15.9. The number of rotatable bonds is 4. The predicted molar refractivity (Wildman–Crippen MR) is 133 cm³/mol. The van der Waals surface area contributed by atoms with Crippen LogP contribution in [0.1, 0.15) is 32.7 Å². The van der Waals surface area contributed by atoms with E-state index in [2.05, 4.69) is 15.2 Å². The van der Waals surface area contributed by atoms with Crippen LogP contribution in [0.25, 0.3) is 0 Å². The minimum Gasteiger partial charge on any atom is -0.355 e. The van der Waals surface area contributed by atoms with Gasteiger partial charge in [-0.15, -0.1) is 0 Å². The Morgan fingerprint density at radius 1 is 0.939 bits per heavy atom. The van der Waals surface area contributed by atoms with Crippen molar-refractivity contribution in [1.29, 1.82) is 0 Å². The number of nitrogens with zero attached hydrogens (tertiary/aromatic N) is 3. The van der Waals surface area contributed by atoms with Crippen LogP contribution in [-0.2, 0) is 0 Å². The molecule has 1 N–H and O–H groups in total. The zero-order valence-electron chi connectivity index (χ0n) is 18.2. The Kier molecular flexibility index (Phi) is 7.16. The second-order valence-electron chi connectivity index (χ2n) is 7.98. The Labute approximate surface area is 203 Å².